The summed E-state index contributed by atoms with van der Waals surface area (Å²) in [6.45, 7) is 3.25. The summed E-state index contributed by atoms with van der Waals surface area (Å²) in [6.07, 6.45) is 4.85. The Morgan fingerprint density at radius 2 is 1.96 bits per heavy atom. The molecule has 3 aromatic heterocycles. The lowest BCUT2D eigenvalue weighted by Gasteiger charge is -2.12. The molecule has 7 heteroatoms. The Kier molecular flexibility index (Phi) is 5.45. The van der Waals surface area contributed by atoms with Gasteiger partial charge in [-0.2, -0.15) is 0 Å². The molecule has 0 amide bonds. The predicted octanol–water partition coefficient (Wildman–Crippen LogP) is 3.68. The number of methoxy groups -OCH3 is 1. The molecule has 0 spiro atoms. The van der Waals surface area contributed by atoms with Crippen molar-refractivity contribution in [1.82, 2.24) is 18.9 Å². The number of fused-ring (bicyclic) bond motifs is 2. The zero-order valence-electron chi connectivity index (χ0n) is 16.0. The van der Waals surface area contributed by atoms with Crippen LogP contribution < -0.4 is 5.56 Å². The topological polar surface area (TPSA) is 61.4 Å². The van der Waals surface area contributed by atoms with E-state index in [1.807, 2.05) is 40.9 Å². The fourth-order valence-corrected chi connectivity index (χ4v) is 4.09. The Balaban J connectivity index is 1.65. The first-order valence-electron chi connectivity index (χ1n) is 9.21. The van der Waals surface area contributed by atoms with E-state index in [-0.39, 0.29) is 5.56 Å². The standard InChI is InChI=1S/C21H22N4O2S/c1-15-8-9-19-22-16(13-24(19)12-15)14-28-21-23-18-7-4-3-6-17(18)20(26)25(21)10-5-11-27-2/h3-4,6-9,12-13H,5,10-11,14H2,1-2H3. The summed E-state index contributed by atoms with van der Waals surface area (Å²) >= 11 is 1.54. The first kappa shape index (κ1) is 18.7. The third kappa shape index (κ3) is 3.81. The largest absolute Gasteiger partial charge is 0.385 e. The van der Waals surface area contributed by atoms with E-state index in [2.05, 4.69) is 24.2 Å². The van der Waals surface area contributed by atoms with Crippen LogP contribution in [0.1, 0.15) is 17.7 Å². The predicted molar refractivity (Wildman–Crippen MR) is 112 cm³/mol. The van der Waals surface area contributed by atoms with E-state index in [4.69, 9.17) is 9.72 Å². The number of rotatable bonds is 7. The molecule has 3 heterocycles. The summed E-state index contributed by atoms with van der Waals surface area (Å²) in [5, 5.41) is 1.36. The molecule has 0 unspecified atom stereocenters. The van der Waals surface area contributed by atoms with Gasteiger partial charge in [-0.1, -0.05) is 30.0 Å². The number of hydrogen-bond donors (Lipinski definition) is 0. The molecule has 144 valence electrons. The van der Waals surface area contributed by atoms with Crippen LogP contribution in [0.4, 0.5) is 0 Å². The highest BCUT2D eigenvalue weighted by Crippen LogP contribution is 2.22. The van der Waals surface area contributed by atoms with Crippen molar-refractivity contribution in [2.24, 2.45) is 0 Å². The van der Waals surface area contributed by atoms with Gasteiger partial charge in [0.2, 0.25) is 0 Å². The maximum Gasteiger partial charge on any atom is 0.262 e. The molecular formula is C21H22N4O2S. The third-order valence-electron chi connectivity index (χ3n) is 4.55. The lowest BCUT2D eigenvalue weighted by Crippen LogP contribution is -2.24. The maximum absolute atomic E-state index is 13.0. The second-order valence-corrected chi connectivity index (χ2v) is 7.65. The fraction of sp³-hybridized carbons (Fsp3) is 0.286. The molecule has 0 fully saturated rings. The lowest BCUT2D eigenvalue weighted by atomic mass is 10.2. The van der Waals surface area contributed by atoms with Gasteiger partial charge >= 0.3 is 0 Å². The SMILES string of the molecule is COCCCn1c(SCc2cn3cc(C)ccc3n2)nc2ccccc2c1=O. The van der Waals surface area contributed by atoms with Gasteiger partial charge in [0.1, 0.15) is 5.65 Å². The number of thioether (sulfide) groups is 1. The molecule has 0 saturated carbocycles. The Hall–Kier alpha value is -2.64. The number of para-hydroxylation sites is 1. The van der Waals surface area contributed by atoms with E-state index in [0.717, 1.165) is 23.3 Å². The molecule has 4 aromatic rings. The van der Waals surface area contributed by atoms with E-state index < -0.39 is 0 Å². The average Bonchev–Trinajstić information content (AvgIpc) is 3.10. The highest BCUT2D eigenvalue weighted by molar-refractivity contribution is 7.98. The molecule has 6 nitrogen and oxygen atoms in total. The van der Waals surface area contributed by atoms with Crippen molar-refractivity contribution in [2.45, 2.75) is 30.8 Å². The summed E-state index contributed by atoms with van der Waals surface area (Å²) in [5.74, 6) is 0.649. The number of imidazole rings is 1. The molecule has 28 heavy (non-hydrogen) atoms. The monoisotopic (exact) mass is 394 g/mol. The fourth-order valence-electron chi connectivity index (χ4n) is 3.19. The molecule has 0 radical (unpaired) electrons. The Bertz CT molecular complexity index is 1180. The minimum absolute atomic E-state index is 0.00479. The summed E-state index contributed by atoms with van der Waals surface area (Å²) < 4.78 is 8.94. The molecule has 0 N–H and O–H groups in total. The summed E-state index contributed by atoms with van der Waals surface area (Å²) in [4.78, 5) is 22.4. The zero-order valence-corrected chi connectivity index (χ0v) is 16.8. The first-order valence-corrected chi connectivity index (χ1v) is 10.2. The molecule has 1 aromatic carbocycles. The number of ether oxygens (including phenoxy) is 1. The second kappa shape index (κ2) is 8.16. The minimum Gasteiger partial charge on any atom is -0.385 e. The van der Waals surface area contributed by atoms with Crippen LogP contribution in [-0.4, -0.2) is 32.7 Å². The quantitative estimate of drug-likeness (QED) is 0.272. The maximum atomic E-state index is 13.0. The number of nitrogens with zero attached hydrogens (tertiary/aromatic N) is 4. The van der Waals surface area contributed by atoms with Gasteiger partial charge in [0.05, 0.1) is 16.6 Å². The van der Waals surface area contributed by atoms with Gasteiger partial charge in [-0.3, -0.25) is 9.36 Å². The first-order chi connectivity index (χ1) is 13.7. The summed E-state index contributed by atoms with van der Waals surface area (Å²) in [6, 6.07) is 11.6. The van der Waals surface area contributed by atoms with Gasteiger partial charge in [0.15, 0.2) is 5.16 Å². The van der Waals surface area contributed by atoms with Crippen LogP contribution in [-0.2, 0) is 17.0 Å². The van der Waals surface area contributed by atoms with Crippen LogP contribution in [0.15, 0.2) is 58.7 Å². The summed E-state index contributed by atoms with van der Waals surface area (Å²) in [5.41, 5.74) is 3.79. The third-order valence-corrected chi connectivity index (χ3v) is 5.56. The van der Waals surface area contributed by atoms with Crippen LogP contribution in [0, 0.1) is 6.92 Å². The van der Waals surface area contributed by atoms with Crippen molar-refractivity contribution in [3.8, 4) is 0 Å². The van der Waals surface area contributed by atoms with Gasteiger partial charge in [0.25, 0.3) is 5.56 Å². The molecule has 0 saturated heterocycles. The number of pyridine rings is 1. The second-order valence-electron chi connectivity index (χ2n) is 6.71. The van der Waals surface area contributed by atoms with Gasteiger partial charge in [0, 0.05) is 38.4 Å². The Labute approximate surface area is 167 Å². The van der Waals surface area contributed by atoms with E-state index in [1.54, 1.807) is 23.4 Å². The van der Waals surface area contributed by atoms with Crippen LogP contribution in [0.5, 0.6) is 0 Å². The average molecular weight is 395 g/mol. The molecular weight excluding hydrogens is 372 g/mol. The van der Waals surface area contributed by atoms with Gasteiger partial charge in [-0.05, 0) is 37.1 Å². The normalized spacial score (nSPS) is 11.5. The van der Waals surface area contributed by atoms with Crippen molar-refractivity contribution < 1.29 is 4.74 Å². The number of aryl methyl sites for hydroxylation is 1. The van der Waals surface area contributed by atoms with Crippen molar-refractivity contribution in [3.05, 3.63) is 70.4 Å². The Morgan fingerprint density at radius 3 is 2.82 bits per heavy atom. The van der Waals surface area contributed by atoms with Gasteiger partial charge < -0.3 is 9.14 Å². The van der Waals surface area contributed by atoms with Crippen LogP contribution in [0.25, 0.3) is 16.6 Å². The smallest absolute Gasteiger partial charge is 0.262 e. The van der Waals surface area contributed by atoms with E-state index in [1.165, 1.54) is 5.56 Å². The van der Waals surface area contributed by atoms with Crippen LogP contribution in [0.2, 0.25) is 0 Å². The number of aromatic nitrogens is 4. The van der Waals surface area contributed by atoms with Gasteiger partial charge in [-0.25, -0.2) is 9.97 Å². The zero-order chi connectivity index (χ0) is 19.5. The molecule has 0 aliphatic rings. The molecule has 0 bridgehead atoms. The van der Waals surface area contributed by atoms with Crippen molar-refractivity contribution in [3.63, 3.8) is 0 Å². The van der Waals surface area contributed by atoms with E-state index >= 15 is 0 Å². The van der Waals surface area contributed by atoms with E-state index in [0.29, 0.717) is 29.4 Å². The van der Waals surface area contributed by atoms with Gasteiger partial charge in [-0.15, -0.1) is 0 Å². The summed E-state index contributed by atoms with van der Waals surface area (Å²) in [7, 11) is 1.67. The van der Waals surface area contributed by atoms with E-state index in [9.17, 15) is 4.79 Å². The molecule has 0 aliphatic carbocycles. The highest BCUT2D eigenvalue weighted by Gasteiger charge is 2.12. The molecule has 4 rings (SSSR count). The van der Waals surface area contributed by atoms with Crippen molar-refractivity contribution in [2.75, 3.05) is 13.7 Å². The van der Waals surface area contributed by atoms with Crippen molar-refractivity contribution >= 4 is 28.3 Å². The minimum atomic E-state index is -0.00479. The van der Waals surface area contributed by atoms with Crippen molar-refractivity contribution in [1.29, 1.82) is 0 Å². The lowest BCUT2D eigenvalue weighted by molar-refractivity contribution is 0.189. The number of benzene rings is 1. The Morgan fingerprint density at radius 1 is 1.11 bits per heavy atom. The van der Waals surface area contributed by atoms with Crippen LogP contribution >= 0.6 is 11.8 Å². The number of hydrogen-bond acceptors (Lipinski definition) is 5. The highest BCUT2D eigenvalue weighted by atomic mass is 32.2. The molecule has 0 atom stereocenters. The van der Waals surface area contributed by atoms with Crippen LogP contribution in [0.3, 0.4) is 0 Å². The molecule has 0 aliphatic heterocycles.